The second kappa shape index (κ2) is 3.94. The maximum Gasteiger partial charge on any atom is 0.137 e. The van der Waals surface area contributed by atoms with Crippen molar-refractivity contribution < 1.29 is 4.74 Å². The second-order valence-electron chi connectivity index (χ2n) is 3.80. The molecule has 0 aliphatic heterocycles. The SMILES string of the molecule is COc1ccccc1-c1c[nH]c2ncccc12. The number of ether oxygens (including phenoxy) is 1. The van der Waals surface area contributed by atoms with Crippen LogP contribution in [-0.4, -0.2) is 17.1 Å². The van der Waals surface area contributed by atoms with Gasteiger partial charge in [0.15, 0.2) is 0 Å². The maximum atomic E-state index is 5.38. The molecule has 0 aliphatic rings. The van der Waals surface area contributed by atoms with Crippen LogP contribution in [0.2, 0.25) is 0 Å². The number of aromatic amines is 1. The molecule has 0 aliphatic carbocycles. The molecule has 3 heteroatoms. The summed E-state index contributed by atoms with van der Waals surface area (Å²) in [6.45, 7) is 0. The van der Waals surface area contributed by atoms with E-state index in [1.54, 1.807) is 13.3 Å². The summed E-state index contributed by atoms with van der Waals surface area (Å²) in [6.07, 6.45) is 3.75. The normalized spacial score (nSPS) is 10.6. The lowest BCUT2D eigenvalue weighted by atomic mass is 10.1. The minimum Gasteiger partial charge on any atom is -0.496 e. The van der Waals surface area contributed by atoms with E-state index in [1.807, 2.05) is 30.5 Å². The summed E-state index contributed by atoms with van der Waals surface area (Å²) in [5.74, 6) is 0.872. The van der Waals surface area contributed by atoms with E-state index in [4.69, 9.17) is 4.74 Å². The molecular formula is C14H12N2O. The number of pyridine rings is 1. The summed E-state index contributed by atoms with van der Waals surface area (Å²) in [5.41, 5.74) is 3.09. The maximum absolute atomic E-state index is 5.38. The number of aromatic nitrogens is 2. The van der Waals surface area contributed by atoms with Crippen molar-refractivity contribution in [1.82, 2.24) is 9.97 Å². The average Bonchev–Trinajstić information content (AvgIpc) is 2.82. The minimum atomic E-state index is 0.872. The first-order valence-corrected chi connectivity index (χ1v) is 5.45. The summed E-state index contributed by atoms with van der Waals surface area (Å²) in [7, 11) is 1.69. The van der Waals surface area contributed by atoms with Crippen LogP contribution in [0.3, 0.4) is 0 Å². The smallest absolute Gasteiger partial charge is 0.137 e. The Bertz CT molecular complexity index is 658. The molecule has 0 radical (unpaired) electrons. The lowest BCUT2D eigenvalue weighted by Gasteiger charge is -2.06. The molecule has 17 heavy (non-hydrogen) atoms. The van der Waals surface area contributed by atoms with Gasteiger partial charge in [-0.3, -0.25) is 0 Å². The van der Waals surface area contributed by atoms with E-state index in [2.05, 4.69) is 22.1 Å². The quantitative estimate of drug-likeness (QED) is 0.725. The zero-order valence-electron chi connectivity index (χ0n) is 9.47. The minimum absolute atomic E-state index is 0.872. The molecule has 3 rings (SSSR count). The van der Waals surface area contributed by atoms with E-state index in [0.29, 0.717) is 0 Å². The fourth-order valence-corrected chi connectivity index (χ4v) is 2.05. The lowest BCUT2D eigenvalue weighted by Crippen LogP contribution is -1.86. The number of benzene rings is 1. The van der Waals surface area contributed by atoms with Gasteiger partial charge in [-0.15, -0.1) is 0 Å². The monoisotopic (exact) mass is 224 g/mol. The van der Waals surface area contributed by atoms with Gasteiger partial charge in [-0.1, -0.05) is 18.2 Å². The molecule has 0 spiro atoms. The largest absolute Gasteiger partial charge is 0.496 e. The Labute approximate surface area is 99.1 Å². The van der Waals surface area contributed by atoms with Crippen LogP contribution in [0.1, 0.15) is 0 Å². The van der Waals surface area contributed by atoms with Gasteiger partial charge in [0, 0.05) is 28.9 Å². The summed E-state index contributed by atoms with van der Waals surface area (Å²) in [6, 6.07) is 12.0. The fraction of sp³-hybridized carbons (Fsp3) is 0.0714. The van der Waals surface area contributed by atoms with Crippen LogP contribution >= 0.6 is 0 Å². The number of methoxy groups -OCH3 is 1. The van der Waals surface area contributed by atoms with E-state index in [1.165, 1.54) is 0 Å². The van der Waals surface area contributed by atoms with Crippen molar-refractivity contribution in [2.24, 2.45) is 0 Å². The summed E-state index contributed by atoms with van der Waals surface area (Å²) in [5, 5.41) is 1.11. The average molecular weight is 224 g/mol. The highest BCUT2D eigenvalue weighted by Crippen LogP contribution is 2.33. The van der Waals surface area contributed by atoms with Crippen molar-refractivity contribution in [3.8, 4) is 16.9 Å². The van der Waals surface area contributed by atoms with Crippen LogP contribution in [0.4, 0.5) is 0 Å². The van der Waals surface area contributed by atoms with Gasteiger partial charge in [0.1, 0.15) is 11.4 Å². The van der Waals surface area contributed by atoms with Crippen molar-refractivity contribution in [1.29, 1.82) is 0 Å². The Morgan fingerprint density at radius 2 is 1.94 bits per heavy atom. The van der Waals surface area contributed by atoms with Crippen LogP contribution < -0.4 is 4.74 Å². The summed E-state index contributed by atoms with van der Waals surface area (Å²) >= 11 is 0. The van der Waals surface area contributed by atoms with Gasteiger partial charge in [-0.2, -0.15) is 0 Å². The van der Waals surface area contributed by atoms with Crippen LogP contribution in [-0.2, 0) is 0 Å². The Kier molecular flexibility index (Phi) is 2.29. The van der Waals surface area contributed by atoms with Crippen molar-refractivity contribution in [2.45, 2.75) is 0 Å². The second-order valence-corrected chi connectivity index (χ2v) is 3.80. The first-order valence-electron chi connectivity index (χ1n) is 5.45. The van der Waals surface area contributed by atoms with Gasteiger partial charge in [0.05, 0.1) is 7.11 Å². The fourth-order valence-electron chi connectivity index (χ4n) is 2.05. The Balaban J connectivity index is 2.27. The number of nitrogens with one attached hydrogen (secondary N) is 1. The van der Waals surface area contributed by atoms with E-state index >= 15 is 0 Å². The zero-order valence-corrected chi connectivity index (χ0v) is 9.47. The lowest BCUT2D eigenvalue weighted by molar-refractivity contribution is 0.416. The third-order valence-corrected chi connectivity index (χ3v) is 2.85. The van der Waals surface area contributed by atoms with Crippen LogP contribution in [0.5, 0.6) is 5.75 Å². The van der Waals surface area contributed by atoms with Gasteiger partial charge in [-0.05, 0) is 18.2 Å². The van der Waals surface area contributed by atoms with Gasteiger partial charge >= 0.3 is 0 Å². The molecule has 1 aromatic carbocycles. The van der Waals surface area contributed by atoms with E-state index in [-0.39, 0.29) is 0 Å². The van der Waals surface area contributed by atoms with Gasteiger partial charge < -0.3 is 9.72 Å². The molecule has 2 heterocycles. The third-order valence-electron chi connectivity index (χ3n) is 2.85. The molecule has 1 N–H and O–H groups in total. The molecule has 3 aromatic rings. The number of fused-ring (bicyclic) bond motifs is 1. The van der Waals surface area contributed by atoms with E-state index in [9.17, 15) is 0 Å². The molecule has 0 atom stereocenters. The molecule has 0 fully saturated rings. The number of rotatable bonds is 2. The standard InChI is InChI=1S/C14H12N2O/c1-17-13-7-3-2-5-10(13)12-9-16-14-11(12)6-4-8-15-14/h2-9H,1H3,(H,15,16). The molecule has 0 saturated heterocycles. The molecular weight excluding hydrogens is 212 g/mol. The van der Waals surface area contributed by atoms with Crippen LogP contribution in [0.25, 0.3) is 22.2 Å². The van der Waals surface area contributed by atoms with E-state index < -0.39 is 0 Å². The van der Waals surface area contributed by atoms with Crippen molar-refractivity contribution in [2.75, 3.05) is 7.11 Å². The van der Waals surface area contributed by atoms with Gasteiger partial charge in [0.2, 0.25) is 0 Å². The predicted molar refractivity (Wildman–Crippen MR) is 68.1 cm³/mol. The Morgan fingerprint density at radius 1 is 1.06 bits per heavy atom. The molecule has 0 saturated carbocycles. The molecule has 3 nitrogen and oxygen atoms in total. The van der Waals surface area contributed by atoms with Gasteiger partial charge in [-0.25, -0.2) is 4.98 Å². The molecule has 0 amide bonds. The summed E-state index contributed by atoms with van der Waals surface area (Å²) < 4.78 is 5.38. The first kappa shape index (κ1) is 9.90. The highest BCUT2D eigenvalue weighted by molar-refractivity contribution is 5.95. The number of para-hydroxylation sites is 1. The zero-order chi connectivity index (χ0) is 11.7. The number of H-pyrrole nitrogens is 1. The van der Waals surface area contributed by atoms with Crippen molar-refractivity contribution >= 4 is 11.0 Å². The Hall–Kier alpha value is -2.29. The third kappa shape index (κ3) is 1.56. The number of nitrogens with zero attached hydrogens (tertiary/aromatic N) is 1. The van der Waals surface area contributed by atoms with Crippen LogP contribution in [0.15, 0.2) is 48.8 Å². The predicted octanol–water partition coefficient (Wildman–Crippen LogP) is 3.24. The summed E-state index contributed by atoms with van der Waals surface area (Å²) in [4.78, 5) is 7.46. The topological polar surface area (TPSA) is 37.9 Å². The van der Waals surface area contributed by atoms with E-state index in [0.717, 1.165) is 27.9 Å². The van der Waals surface area contributed by atoms with Crippen molar-refractivity contribution in [3.63, 3.8) is 0 Å². The first-order chi connectivity index (χ1) is 8.40. The number of hydrogen-bond donors (Lipinski definition) is 1. The Morgan fingerprint density at radius 3 is 2.82 bits per heavy atom. The molecule has 2 aromatic heterocycles. The molecule has 84 valence electrons. The number of hydrogen-bond acceptors (Lipinski definition) is 2. The van der Waals surface area contributed by atoms with Crippen LogP contribution in [0, 0.1) is 0 Å². The van der Waals surface area contributed by atoms with Gasteiger partial charge in [0.25, 0.3) is 0 Å². The molecule has 0 unspecified atom stereocenters. The molecule has 0 bridgehead atoms. The highest BCUT2D eigenvalue weighted by atomic mass is 16.5. The van der Waals surface area contributed by atoms with Crippen molar-refractivity contribution in [3.05, 3.63) is 48.8 Å². The highest BCUT2D eigenvalue weighted by Gasteiger charge is 2.10.